The Morgan fingerprint density at radius 3 is 2.65 bits per heavy atom. The average Bonchev–Trinajstić information content (AvgIpc) is 2.84. The summed E-state index contributed by atoms with van der Waals surface area (Å²) in [5.74, 6) is -0.352. The molecule has 6 nitrogen and oxygen atoms in total. The number of nitrogens with zero attached hydrogens (tertiary/aromatic N) is 1. The Morgan fingerprint density at radius 1 is 1.17 bits per heavy atom. The Labute approximate surface area is 131 Å². The van der Waals surface area contributed by atoms with Crippen molar-refractivity contribution in [3.05, 3.63) is 69.5 Å². The number of fused-ring (bicyclic) bond motifs is 1. The van der Waals surface area contributed by atoms with Gasteiger partial charge >= 0.3 is 0 Å². The highest BCUT2D eigenvalue weighted by molar-refractivity contribution is 6.07. The number of rotatable bonds is 3. The lowest BCUT2D eigenvalue weighted by atomic mass is 10.1. The van der Waals surface area contributed by atoms with Crippen LogP contribution in [0.25, 0.3) is 11.0 Å². The number of nitro benzene ring substituents is 1. The summed E-state index contributed by atoms with van der Waals surface area (Å²) in [6.45, 7) is 3.72. The summed E-state index contributed by atoms with van der Waals surface area (Å²) in [6.07, 6.45) is 0. The van der Waals surface area contributed by atoms with E-state index < -0.39 is 10.8 Å². The molecule has 0 saturated carbocycles. The molecule has 0 fully saturated rings. The van der Waals surface area contributed by atoms with Crippen molar-refractivity contribution in [2.45, 2.75) is 13.8 Å². The Balaban J connectivity index is 1.99. The summed E-state index contributed by atoms with van der Waals surface area (Å²) in [6, 6.07) is 11.7. The van der Waals surface area contributed by atoms with Crippen LogP contribution in [0.5, 0.6) is 0 Å². The van der Waals surface area contributed by atoms with Crippen molar-refractivity contribution < 1.29 is 14.1 Å². The minimum Gasteiger partial charge on any atom is -0.451 e. The Hall–Kier alpha value is -3.15. The van der Waals surface area contributed by atoms with Gasteiger partial charge in [-0.05, 0) is 31.5 Å². The second-order valence-electron chi connectivity index (χ2n) is 5.28. The van der Waals surface area contributed by atoms with Crippen LogP contribution < -0.4 is 5.32 Å². The fourth-order valence-electron chi connectivity index (χ4n) is 2.47. The number of benzene rings is 2. The summed E-state index contributed by atoms with van der Waals surface area (Å²) < 4.78 is 5.63. The molecule has 1 aromatic heterocycles. The van der Waals surface area contributed by atoms with Gasteiger partial charge in [0.05, 0.1) is 4.92 Å². The zero-order valence-corrected chi connectivity index (χ0v) is 12.6. The van der Waals surface area contributed by atoms with Gasteiger partial charge in [-0.15, -0.1) is 0 Å². The molecule has 0 atom stereocenters. The molecule has 23 heavy (non-hydrogen) atoms. The van der Waals surface area contributed by atoms with E-state index in [2.05, 4.69) is 5.32 Å². The molecule has 0 bridgehead atoms. The highest BCUT2D eigenvalue weighted by Crippen LogP contribution is 2.28. The zero-order valence-electron chi connectivity index (χ0n) is 12.6. The molecule has 1 N–H and O–H groups in total. The highest BCUT2D eigenvalue weighted by atomic mass is 16.6. The van der Waals surface area contributed by atoms with Crippen molar-refractivity contribution in [2.24, 2.45) is 0 Å². The fourth-order valence-corrected chi connectivity index (χ4v) is 2.47. The summed E-state index contributed by atoms with van der Waals surface area (Å²) in [7, 11) is 0. The molecule has 3 rings (SSSR count). The summed E-state index contributed by atoms with van der Waals surface area (Å²) >= 11 is 0. The number of amides is 1. The van der Waals surface area contributed by atoms with Gasteiger partial charge in [0, 0.05) is 17.0 Å². The number of hydrogen-bond acceptors (Lipinski definition) is 4. The van der Waals surface area contributed by atoms with Crippen LogP contribution in [-0.4, -0.2) is 10.8 Å². The monoisotopic (exact) mass is 310 g/mol. The van der Waals surface area contributed by atoms with Crippen LogP contribution in [-0.2, 0) is 0 Å². The number of carbonyl (C=O) groups excluding carboxylic acids is 1. The Morgan fingerprint density at radius 2 is 1.91 bits per heavy atom. The molecule has 6 heteroatoms. The molecular weight excluding hydrogens is 296 g/mol. The van der Waals surface area contributed by atoms with Crippen LogP contribution in [0.15, 0.2) is 46.9 Å². The molecule has 0 aliphatic carbocycles. The molecule has 0 aliphatic rings. The first-order chi connectivity index (χ1) is 11.0. The van der Waals surface area contributed by atoms with Gasteiger partial charge in [0.25, 0.3) is 11.6 Å². The number of anilines is 1. The third kappa shape index (κ3) is 2.66. The van der Waals surface area contributed by atoms with Crippen LogP contribution in [0.4, 0.5) is 11.4 Å². The van der Waals surface area contributed by atoms with Gasteiger partial charge in [-0.3, -0.25) is 14.9 Å². The number of nitro groups is 1. The summed E-state index contributed by atoms with van der Waals surface area (Å²) in [5.41, 5.74) is 2.33. The molecule has 1 heterocycles. The first-order valence-electron chi connectivity index (χ1n) is 7.02. The molecule has 0 unspecified atom stereocenters. The lowest BCUT2D eigenvalue weighted by molar-refractivity contribution is -0.383. The van der Waals surface area contributed by atoms with Gasteiger partial charge in [0.1, 0.15) is 11.3 Å². The molecule has 3 aromatic rings. The van der Waals surface area contributed by atoms with E-state index in [0.29, 0.717) is 11.1 Å². The molecular formula is C17H14N2O4. The lowest BCUT2D eigenvalue weighted by Gasteiger charge is -2.04. The van der Waals surface area contributed by atoms with Gasteiger partial charge in [-0.2, -0.15) is 0 Å². The SMILES string of the molecule is Cc1ccc2c(C)c(C(=O)Nc3ccccc3[N+](=O)[O-])oc2c1. The van der Waals surface area contributed by atoms with E-state index in [0.717, 1.165) is 10.9 Å². The summed E-state index contributed by atoms with van der Waals surface area (Å²) in [5, 5.41) is 14.4. The van der Waals surface area contributed by atoms with Crippen molar-refractivity contribution >= 4 is 28.3 Å². The first kappa shape index (κ1) is 14.8. The van der Waals surface area contributed by atoms with Crippen molar-refractivity contribution in [1.82, 2.24) is 0 Å². The zero-order chi connectivity index (χ0) is 16.6. The normalized spacial score (nSPS) is 10.7. The summed E-state index contributed by atoms with van der Waals surface area (Å²) in [4.78, 5) is 22.9. The maximum atomic E-state index is 12.4. The maximum absolute atomic E-state index is 12.4. The topological polar surface area (TPSA) is 85.4 Å². The van der Waals surface area contributed by atoms with Crippen LogP contribution in [0.2, 0.25) is 0 Å². The van der Waals surface area contributed by atoms with E-state index in [1.807, 2.05) is 25.1 Å². The number of hydrogen-bond donors (Lipinski definition) is 1. The molecule has 0 aliphatic heterocycles. The van der Waals surface area contributed by atoms with E-state index >= 15 is 0 Å². The van der Waals surface area contributed by atoms with Crippen LogP contribution in [0.3, 0.4) is 0 Å². The largest absolute Gasteiger partial charge is 0.451 e. The lowest BCUT2D eigenvalue weighted by Crippen LogP contribution is -2.13. The van der Waals surface area contributed by atoms with E-state index in [1.165, 1.54) is 12.1 Å². The molecule has 2 aromatic carbocycles. The molecule has 116 valence electrons. The van der Waals surface area contributed by atoms with E-state index in [-0.39, 0.29) is 17.1 Å². The minimum absolute atomic E-state index is 0.138. The number of para-hydroxylation sites is 2. The quantitative estimate of drug-likeness (QED) is 0.580. The van der Waals surface area contributed by atoms with E-state index in [9.17, 15) is 14.9 Å². The maximum Gasteiger partial charge on any atom is 0.292 e. The number of carbonyl (C=O) groups is 1. The van der Waals surface area contributed by atoms with Crippen molar-refractivity contribution in [1.29, 1.82) is 0 Å². The number of nitrogens with one attached hydrogen (secondary N) is 1. The van der Waals surface area contributed by atoms with Gasteiger partial charge < -0.3 is 9.73 Å². The number of aryl methyl sites for hydroxylation is 2. The second-order valence-corrected chi connectivity index (χ2v) is 5.28. The Kier molecular flexibility index (Phi) is 3.57. The van der Waals surface area contributed by atoms with Crippen LogP contribution >= 0.6 is 0 Å². The van der Waals surface area contributed by atoms with Crippen molar-refractivity contribution in [2.75, 3.05) is 5.32 Å². The van der Waals surface area contributed by atoms with Crippen LogP contribution in [0.1, 0.15) is 21.7 Å². The van der Waals surface area contributed by atoms with Crippen molar-refractivity contribution in [3.63, 3.8) is 0 Å². The standard InChI is InChI=1S/C17H14N2O4/c1-10-7-8-12-11(2)16(23-15(12)9-10)17(20)18-13-5-3-4-6-14(13)19(21)22/h3-9H,1-2H3,(H,18,20). The fraction of sp³-hybridized carbons (Fsp3) is 0.118. The molecule has 0 spiro atoms. The first-order valence-corrected chi connectivity index (χ1v) is 7.02. The minimum atomic E-state index is -0.537. The predicted molar refractivity (Wildman–Crippen MR) is 86.7 cm³/mol. The van der Waals surface area contributed by atoms with Crippen molar-refractivity contribution in [3.8, 4) is 0 Å². The third-order valence-corrected chi connectivity index (χ3v) is 3.65. The van der Waals surface area contributed by atoms with Gasteiger partial charge in [0.2, 0.25) is 0 Å². The molecule has 0 radical (unpaired) electrons. The van der Waals surface area contributed by atoms with E-state index in [1.54, 1.807) is 19.1 Å². The smallest absolute Gasteiger partial charge is 0.292 e. The average molecular weight is 310 g/mol. The highest BCUT2D eigenvalue weighted by Gasteiger charge is 2.21. The van der Waals surface area contributed by atoms with Gasteiger partial charge in [-0.1, -0.05) is 24.3 Å². The van der Waals surface area contributed by atoms with Gasteiger partial charge in [-0.25, -0.2) is 0 Å². The molecule has 1 amide bonds. The predicted octanol–water partition coefficient (Wildman–Crippen LogP) is 4.21. The van der Waals surface area contributed by atoms with Crippen LogP contribution in [0, 0.1) is 24.0 Å². The Bertz CT molecular complexity index is 927. The third-order valence-electron chi connectivity index (χ3n) is 3.65. The number of furan rings is 1. The molecule has 0 saturated heterocycles. The van der Waals surface area contributed by atoms with E-state index in [4.69, 9.17) is 4.42 Å². The second kappa shape index (κ2) is 5.57. The van der Waals surface area contributed by atoms with Gasteiger partial charge in [0.15, 0.2) is 5.76 Å².